The van der Waals surface area contributed by atoms with Crippen LogP contribution in [0.15, 0.2) is 18.2 Å². The number of rotatable bonds is 5. The van der Waals surface area contributed by atoms with Gasteiger partial charge >= 0.3 is 0 Å². The second-order valence-electron chi connectivity index (χ2n) is 5.29. The predicted octanol–water partition coefficient (Wildman–Crippen LogP) is 2.28. The number of benzene rings is 1. The van der Waals surface area contributed by atoms with Crippen LogP contribution in [0.4, 0.5) is 5.69 Å². The van der Waals surface area contributed by atoms with Crippen LogP contribution in [0.2, 0.25) is 0 Å². The van der Waals surface area contributed by atoms with Gasteiger partial charge in [-0.25, -0.2) is 0 Å². The fraction of sp³-hybridized carbons (Fsp3) is 0.562. The quantitative estimate of drug-likeness (QED) is 0.894. The minimum absolute atomic E-state index is 0.216. The lowest BCUT2D eigenvalue weighted by Gasteiger charge is -2.29. The maximum Gasteiger partial charge on any atom is 0.101 e. The number of hydrogen-bond acceptors (Lipinski definition) is 4. The van der Waals surface area contributed by atoms with E-state index in [2.05, 4.69) is 49.3 Å². The monoisotopic (exact) mass is 273 g/mol. The number of ether oxygens (including phenoxy) is 1. The Morgan fingerprint density at radius 1 is 1.50 bits per heavy atom. The average Bonchev–Trinajstić information content (AvgIpc) is 2.90. The smallest absolute Gasteiger partial charge is 0.101 e. The van der Waals surface area contributed by atoms with Gasteiger partial charge in [0.25, 0.3) is 0 Å². The van der Waals surface area contributed by atoms with Crippen molar-refractivity contribution in [2.45, 2.75) is 39.0 Å². The number of nitrogens with one attached hydrogen (secondary N) is 1. The largest absolute Gasteiger partial charge is 0.376 e. The molecule has 1 heterocycles. The molecule has 0 saturated carbocycles. The second-order valence-corrected chi connectivity index (χ2v) is 5.29. The van der Waals surface area contributed by atoms with E-state index in [0.717, 1.165) is 42.9 Å². The van der Waals surface area contributed by atoms with Gasteiger partial charge in [0, 0.05) is 20.2 Å². The van der Waals surface area contributed by atoms with Crippen molar-refractivity contribution in [3.05, 3.63) is 29.3 Å². The van der Waals surface area contributed by atoms with Crippen molar-refractivity contribution in [1.29, 1.82) is 5.26 Å². The third kappa shape index (κ3) is 3.12. The van der Waals surface area contributed by atoms with E-state index in [1.165, 1.54) is 0 Å². The van der Waals surface area contributed by atoms with Crippen LogP contribution in [0, 0.1) is 11.3 Å². The Balaban J connectivity index is 2.20. The molecule has 0 aromatic heterocycles. The average molecular weight is 273 g/mol. The van der Waals surface area contributed by atoms with E-state index < -0.39 is 0 Å². The zero-order valence-electron chi connectivity index (χ0n) is 12.5. The topological polar surface area (TPSA) is 48.3 Å². The lowest BCUT2D eigenvalue weighted by molar-refractivity contribution is 0.118. The molecule has 20 heavy (non-hydrogen) atoms. The zero-order chi connectivity index (χ0) is 14.5. The summed E-state index contributed by atoms with van der Waals surface area (Å²) in [5.41, 5.74) is 2.88. The first-order chi connectivity index (χ1) is 9.67. The van der Waals surface area contributed by atoms with E-state index in [0.29, 0.717) is 6.04 Å². The highest BCUT2D eigenvalue weighted by molar-refractivity contribution is 5.60. The van der Waals surface area contributed by atoms with Crippen LogP contribution in [0.3, 0.4) is 0 Å². The Bertz CT molecular complexity index is 495. The maximum absolute atomic E-state index is 9.40. The minimum atomic E-state index is 0.216. The molecule has 0 spiro atoms. The number of nitriles is 1. The van der Waals surface area contributed by atoms with Gasteiger partial charge < -0.3 is 15.0 Å². The van der Waals surface area contributed by atoms with Crippen molar-refractivity contribution in [3.63, 3.8) is 0 Å². The summed E-state index contributed by atoms with van der Waals surface area (Å²) < 4.78 is 5.62. The van der Waals surface area contributed by atoms with Crippen molar-refractivity contribution in [2.75, 3.05) is 25.1 Å². The molecule has 0 aliphatic carbocycles. The summed E-state index contributed by atoms with van der Waals surface area (Å²) in [6.07, 6.45) is 1.23. The molecule has 2 unspecified atom stereocenters. The first-order valence-electron chi connectivity index (χ1n) is 7.25. The molecule has 1 aromatic carbocycles. The lowest BCUT2D eigenvalue weighted by atomic mass is 10.0. The van der Waals surface area contributed by atoms with Crippen LogP contribution in [0.25, 0.3) is 0 Å². The van der Waals surface area contributed by atoms with Gasteiger partial charge in [-0.1, -0.05) is 13.0 Å². The van der Waals surface area contributed by atoms with Gasteiger partial charge in [-0.3, -0.25) is 0 Å². The lowest BCUT2D eigenvalue weighted by Crippen LogP contribution is -2.37. The number of nitrogens with zero attached hydrogens (tertiary/aromatic N) is 2. The van der Waals surface area contributed by atoms with Crippen molar-refractivity contribution >= 4 is 5.69 Å². The molecule has 2 atom stereocenters. The standard InChI is InChI=1S/C16H23N3O/c1-4-18-11-13-5-6-16(14(9-13)10-17)19(3)15-7-8-20-12(15)2/h5-6,9,12,15,18H,4,7-8,11H2,1-3H3. The molecule has 1 saturated heterocycles. The van der Waals surface area contributed by atoms with Gasteiger partial charge in [-0.05, 0) is 37.6 Å². The highest BCUT2D eigenvalue weighted by Gasteiger charge is 2.29. The van der Waals surface area contributed by atoms with Gasteiger partial charge in [0.05, 0.1) is 23.4 Å². The minimum Gasteiger partial charge on any atom is -0.376 e. The fourth-order valence-electron chi connectivity index (χ4n) is 2.77. The number of hydrogen-bond donors (Lipinski definition) is 1. The molecule has 1 fully saturated rings. The normalized spacial score (nSPS) is 21.7. The summed E-state index contributed by atoms with van der Waals surface area (Å²) in [7, 11) is 2.05. The highest BCUT2D eigenvalue weighted by Crippen LogP contribution is 2.27. The van der Waals surface area contributed by atoms with E-state index in [1.54, 1.807) is 0 Å². The van der Waals surface area contributed by atoms with Gasteiger partial charge in [0.1, 0.15) is 6.07 Å². The van der Waals surface area contributed by atoms with Crippen LogP contribution in [0.1, 0.15) is 31.4 Å². The van der Waals surface area contributed by atoms with Gasteiger partial charge in [0.2, 0.25) is 0 Å². The molecular formula is C16H23N3O. The highest BCUT2D eigenvalue weighted by atomic mass is 16.5. The number of likely N-dealkylation sites (N-methyl/N-ethyl adjacent to an activating group) is 1. The summed E-state index contributed by atoms with van der Waals surface area (Å²) in [4.78, 5) is 2.19. The fourth-order valence-corrected chi connectivity index (χ4v) is 2.77. The Kier molecular flexibility index (Phi) is 4.99. The molecule has 0 radical (unpaired) electrons. The van der Waals surface area contributed by atoms with Crippen LogP contribution in [-0.4, -0.2) is 32.3 Å². The van der Waals surface area contributed by atoms with Crippen LogP contribution < -0.4 is 10.2 Å². The molecule has 0 bridgehead atoms. The molecule has 0 amide bonds. The van der Waals surface area contributed by atoms with E-state index in [9.17, 15) is 5.26 Å². The van der Waals surface area contributed by atoms with E-state index in [1.807, 2.05) is 6.07 Å². The molecule has 4 nitrogen and oxygen atoms in total. The summed E-state index contributed by atoms with van der Waals surface area (Å²) in [5.74, 6) is 0. The first-order valence-corrected chi connectivity index (χ1v) is 7.25. The van der Waals surface area contributed by atoms with Crippen molar-refractivity contribution in [3.8, 4) is 6.07 Å². The molecule has 108 valence electrons. The molecule has 1 aliphatic heterocycles. The van der Waals surface area contributed by atoms with E-state index in [4.69, 9.17) is 4.74 Å². The third-order valence-corrected chi connectivity index (χ3v) is 3.97. The Morgan fingerprint density at radius 3 is 2.90 bits per heavy atom. The zero-order valence-corrected chi connectivity index (χ0v) is 12.5. The molecule has 4 heteroatoms. The van der Waals surface area contributed by atoms with Crippen molar-refractivity contribution in [2.24, 2.45) is 0 Å². The summed E-state index contributed by atoms with van der Waals surface area (Å²) in [6.45, 7) is 6.71. The van der Waals surface area contributed by atoms with Crippen LogP contribution >= 0.6 is 0 Å². The van der Waals surface area contributed by atoms with Gasteiger partial charge in [0.15, 0.2) is 0 Å². The van der Waals surface area contributed by atoms with Gasteiger partial charge in [-0.15, -0.1) is 0 Å². The van der Waals surface area contributed by atoms with E-state index in [-0.39, 0.29) is 6.10 Å². The number of anilines is 1. The third-order valence-electron chi connectivity index (χ3n) is 3.97. The van der Waals surface area contributed by atoms with Gasteiger partial charge in [-0.2, -0.15) is 5.26 Å². The van der Waals surface area contributed by atoms with Crippen LogP contribution in [-0.2, 0) is 11.3 Å². The second kappa shape index (κ2) is 6.74. The van der Waals surface area contributed by atoms with E-state index >= 15 is 0 Å². The Labute approximate surface area is 121 Å². The summed E-state index contributed by atoms with van der Waals surface area (Å²) in [6, 6.07) is 8.80. The maximum atomic E-state index is 9.40. The first kappa shape index (κ1) is 14.8. The molecule has 1 aliphatic rings. The van der Waals surface area contributed by atoms with Crippen molar-refractivity contribution < 1.29 is 4.74 Å². The van der Waals surface area contributed by atoms with Crippen LogP contribution in [0.5, 0.6) is 0 Å². The molecule has 1 aromatic rings. The summed E-state index contributed by atoms with van der Waals surface area (Å²) >= 11 is 0. The molecule has 2 rings (SSSR count). The Hall–Kier alpha value is -1.57. The van der Waals surface area contributed by atoms with Crippen molar-refractivity contribution in [1.82, 2.24) is 5.32 Å². The SMILES string of the molecule is CCNCc1ccc(N(C)C2CCOC2C)c(C#N)c1. The predicted molar refractivity (Wildman–Crippen MR) is 80.8 cm³/mol. The summed E-state index contributed by atoms with van der Waals surface area (Å²) in [5, 5.41) is 12.7. The molecule has 1 N–H and O–H groups in total. The Morgan fingerprint density at radius 2 is 2.30 bits per heavy atom. The molecular weight excluding hydrogens is 250 g/mol.